The fourth-order valence-corrected chi connectivity index (χ4v) is 3.86. The number of benzene rings is 1. The van der Waals surface area contributed by atoms with Crippen LogP contribution in [-0.4, -0.2) is 10.9 Å². The van der Waals surface area contributed by atoms with Crippen LogP contribution in [-0.2, 0) is 36.9 Å². The molecule has 23 heavy (non-hydrogen) atoms. The van der Waals surface area contributed by atoms with Crippen molar-refractivity contribution in [1.82, 2.24) is 4.98 Å². The first kappa shape index (κ1) is 14.4. The van der Waals surface area contributed by atoms with Crippen molar-refractivity contribution < 1.29 is 4.79 Å². The van der Waals surface area contributed by atoms with E-state index in [4.69, 9.17) is 4.98 Å². The number of fused-ring (bicyclic) bond motifs is 2. The molecule has 1 aromatic carbocycles. The summed E-state index contributed by atoms with van der Waals surface area (Å²) in [5.74, 6) is 0.0873. The van der Waals surface area contributed by atoms with Crippen molar-refractivity contribution in [2.24, 2.45) is 0 Å². The Bertz CT molecular complexity index is 737. The summed E-state index contributed by atoms with van der Waals surface area (Å²) in [6, 6.07) is 9.95. The van der Waals surface area contributed by atoms with Crippen LogP contribution in [0.5, 0.6) is 0 Å². The van der Waals surface area contributed by atoms with Crippen molar-refractivity contribution in [3.63, 3.8) is 0 Å². The number of carbonyl (C=O) groups excluding carboxylic acids is 1. The van der Waals surface area contributed by atoms with Gasteiger partial charge >= 0.3 is 0 Å². The fourth-order valence-electron chi connectivity index (χ4n) is 3.86. The average molecular weight is 306 g/mol. The number of pyridine rings is 1. The third-order valence-corrected chi connectivity index (χ3v) is 4.97. The molecule has 0 radical (unpaired) electrons. The van der Waals surface area contributed by atoms with Gasteiger partial charge in [0.1, 0.15) is 0 Å². The lowest BCUT2D eigenvalue weighted by molar-refractivity contribution is -0.115. The van der Waals surface area contributed by atoms with Gasteiger partial charge in [0.05, 0.1) is 12.1 Å². The molecular formula is C20H22N2O. The zero-order chi connectivity index (χ0) is 15.6. The van der Waals surface area contributed by atoms with E-state index in [1.165, 1.54) is 35.4 Å². The Hall–Kier alpha value is -2.16. The Balaban J connectivity index is 1.63. The molecule has 1 amide bonds. The van der Waals surface area contributed by atoms with Crippen molar-refractivity contribution >= 4 is 11.6 Å². The Morgan fingerprint density at radius 1 is 0.913 bits per heavy atom. The molecule has 3 heteroatoms. The smallest absolute Gasteiger partial charge is 0.228 e. The standard InChI is InChI=1S/C20H22N2O/c23-19(13-14-7-2-1-3-8-14)22-20-15-9-4-5-11-17(15)21-18-12-6-10-16(18)20/h1-3,7-8H,4-6,9-13H2,(H,21,22,23). The van der Waals surface area contributed by atoms with Crippen molar-refractivity contribution in [1.29, 1.82) is 0 Å². The molecule has 0 aliphatic heterocycles. The van der Waals surface area contributed by atoms with Gasteiger partial charge in [-0.1, -0.05) is 30.3 Å². The van der Waals surface area contributed by atoms with Gasteiger partial charge in [-0.05, 0) is 61.6 Å². The van der Waals surface area contributed by atoms with E-state index in [0.29, 0.717) is 6.42 Å². The van der Waals surface area contributed by atoms with Gasteiger partial charge in [0, 0.05) is 11.4 Å². The van der Waals surface area contributed by atoms with Gasteiger partial charge in [-0.15, -0.1) is 0 Å². The van der Waals surface area contributed by atoms with E-state index >= 15 is 0 Å². The molecule has 1 N–H and O–H groups in total. The van der Waals surface area contributed by atoms with E-state index in [1.807, 2.05) is 30.3 Å². The number of carbonyl (C=O) groups is 1. The number of nitrogens with one attached hydrogen (secondary N) is 1. The van der Waals surface area contributed by atoms with Crippen molar-refractivity contribution in [2.75, 3.05) is 5.32 Å². The molecule has 0 saturated carbocycles. The number of aromatic nitrogens is 1. The number of aryl methyl sites for hydroxylation is 2. The maximum absolute atomic E-state index is 12.5. The van der Waals surface area contributed by atoms with E-state index in [1.54, 1.807) is 0 Å². The molecule has 0 spiro atoms. The number of amides is 1. The first-order chi connectivity index (χ1) is 11.3. The minimum absolute atomic E-state index is 0.0873. The highest BCUT2D eigenvalue weighted by molar-refractivity contribution is 5.94. The highest BCUT2D eigenvalue weighted by Gasteiger charge is 2.25. The van der Waals surface area contributed by atoms with Gasteiger partial charge in [-0.3, -0.25) is 9.78 Å². The van der Waals surface area contributed by atoms with E-state index < -0.39 is 0 Å². The lowest BCUT2D eigenvalue weighted by Crippen LogP contribution is -2.20. The Morgan fingerprint density at radius 2 is 1.57 bits per heavy atom. The molecular weight excluding hydrogens is 284 g/mol. The molecule has 0 fully saturated rings. The monoisotopic (exact) mass is 306 g/mol. The van der Waals surface area contributed by atoms with Gasteiger partial charge in [0.25, 0.3) is 0 Å². The zero-order valence-electron chi connectivity index (χ0n) is 13.4. The molecule has 2 aliphatic carbocycles. The second kappa shape index (κ2) is 6.15. The van der Waals surface area contributed by atoms with Crippen LogP contribution in [0.15, 0.2) is 30.3 Å². The summed E-state index contributed by atoms with van der Waals surface area (Å²) < 4.78 is 0. The predicted octanol–water partition coefficient (Wildman–Crippen LogP) is 3.63. The van der Waals surface area contributed by atoms with Crippen LogP contribution in [0.2, 0.25) is 0 Å². The molecule has 2 aliphatic rings. The topological polar surface area (TPSA) is 42.0 Å². The first-order valence-electron chi connectivity index (χ1n) is 8.68. The fraction of sp³-hybridized carbons (Fsp3) is 0.400. The quantitative estimate of drug-likeness (QED) is 0.941. The third-order valence-electron chi connectivity index (χ3n) is 4.97. The number of hydrogen-bond donors (Lipinski definition) is 1. The Labute approximate surface area is 137 Å². The van der Waals surface area contributed by atoms with E-state index in [9.17, 15) is 4.79 Å². The second-order valence-corrected chi connectivity index (χ2v) is 6.61. The van der Waals surface area contributed by atoms with Gasteiger partial charge in [-0.25, -0.2) is 0 Å². The van der Waals surface area contributed by atoms with Gasteiger partial charge in [-0.2, -0.15) is 0 Å². The zero-order valence-corrected chi connectivity index (χ0v) is 13.4. The van der Waals surface area contributed by atoms with E-state index in [0.717, 1.165) is 43.4 Å². The van der Waals surface area contributed by atoms with Crippen LogP contribution >= 0.6 is 0 Å². The average Bonchev–Trinajstić information content (AvgIpc) is 3.04. The molecule has 1 heterocycles. The van der Waals surface area contributed by atoms with Gasteiger partial charge in [0.2, 0.25) is 5.91 Å². The van der Waals surface area contributed by atoms with Crippen LogP contribution in [0, 0.1) is 0 Å². The Kier molecular flexibility index (Phi) is 3.86. The minimum atomic E-state index is 0.0873. The van der Waals surface area contributed by atoms with E-state index in [2.05, 4.69) is 5.32 Å². The summed E-state index contributed by atoms with van der Waals surface area (Å²) in [5, 5.41) is 3.24. The number of anilines is 1. The first-order valence-corrected chi connectivity index (χ1v) is 8.68. The molecule has 4 rings (SSSR count). The van der Waals surface area contributed by atoms with Crippen LogP contribution in [0.1, 0.15) is 47.3 Å². The van der Waals surface area contributed by atoms with Crippen LogP contribution in [0.4, 0.5) is 5.69 Å². The molecule has 2 aromatic rings. The molecule has 0 atom stereocenters. The highest BCUT2D eigenvalue weighted by Crippen LogP contribution is 2.35. The molecule has 0 bridgehead atoms. The number of rotatable bonds is 3. The maximum Gasteiger partial charge on any atom is 0.228 e. The summed E-state index contributed by atoms with van der Waals surface area (Å²) in [4.78, 5) is 17.4. The van der Waals surface area contributed by atoms with Crippen molar-refractivity contribution in [3.05, 3.63) is 58.4 Å². The van der Waals surface area contributed by atoms with E-state index in [-0.39, 0.29) is 5.91 Å². The normalized spacial score (nSPS) is 15.8. The number of hydrogen-bond acceptors (Lipinski definition) is 2. The summed E-state index contributed by atoms with van der Waals surface area (Å²) in [7, 11) is 0. The lowest BCUT2D eigenvalue weighted by atomic mass is 9.92. The molecule has 0 unspecified atom stereocenters. The van der Waals surface area contributed by atoms with Gasteiger partial charge in [0.15, 0.2) is 0 Å². The Morgan fingerprint density at radius 3 is 2.35 bits per heavy atom. The highest BCUT2D eigenvalue weighted by atomic mass is 16.1. The molecule has 0 saturated heterocycles. The maximum atomic E-state index is 12.5. The predicted molar refractivity (Wildman–Crippen MR) is 91.7 cm³/mol. The second-order valence-electron chi connectivity index (χ2n) is 6.61. The molecule has 3 nitrogen and oxygen atoms in total. The molecule has 1 aromatic heterocycles. The lowest BCUT2D eigenvalue weighted by Gasteiger charge is -2.22. The summed E-state index contributed by atoms with van der Waals surface area (Å²) in [6.45, 7) is 0. The van der Waals surface area contributed by atoms with Crippen molar-refractivity contribution in [2.45, 2.75) is 51.4 Å². The summed E-state index contributed by atoms with van der Waals surface area (Å²) in [5.41, 5.74) is 7.21. The summed E-state index contributed by atoms with van der Waals surface area (Å²) >= 11 is 0. The number of nitrogens with zero attached hydrogens (tertiary/aromatic N) is 1. The largest absolute Gasteiger partial charge is 0.325 e. The van der Waals surface area contributed by atoms with Crippen LogP contribution in [0.25, 0.3) is 0 Å². The van der Waals surface area contributed by atoms with Gasteiger partial charge < -0.3 is 5.32 Å². The third kappa shape index (κ3) is 2.88. The van der Waals surface area contributed by atoms with Crippen molar-refractivity contribution in [3.8, 4) is 0 Å². The van der Waals surface area contributed by atoms with Crippen LogP contribution < -0.4 is 5.32 Å². The van der Waals surface area contributed by atoms with Crippen LogP contribution in [0.3, 0.4) is 0 Å². The molecule has 118 valence electrons. The SMILES string of the molecule is O=C(Cc1ccccc1)Nc1c2c(nc3c1CCC3)CCCC2. The minimum Gasteiger partial charge on any atom is -0.325 e. The summed E-state index contributed by atoms with van der Waals surface area (Å²) in [6.07, 6.45) is 8.24.